The zero-order valence-corrected chi connectivity index (χ0v) is 15.1. The van der Waals surface area contributed by atoms with E-state index < -0.39 is 4.92 Å². The van der Waals surface area contributed by atoms with Crippen molar-refractivity contribution in [3.8, 4) is 0 Å². The topological polar surface area (TPSA) is 84.6 Å². The fourth-order valence-corrected chi connectivity index (χ4v) is 3.38. The standard InChI is InChI=1S/C19H17N3O3S/c1-12(2)14-5-3-13(4-6-14)11-20-21-19(23)18-10-15-9-16(22(24)25)7-8-17(15)26-18/h3-12H,1-2H3,(H,21,23)/b20-11+. The van der Waals surface area contributed by atoms with Gasteiger partial charge in [0, 0.05) is 22.2 Å². The summed E-state index contributed by atoms with van der Waals surface area (Å²) >= 11 is 1.27. The van der Waals surface area contributed by atoms with Gasteiger partial charge < -0.3 is 0 Å². The number of fused-ring (bicyclic) bond motifs is 1. The van der Waals surface area contributed by atoms with Crippen LogP contribution in [-0.4, -0.2) is 17.0 Å². The highest BCUT2D eigenvalue weighted by atomic mass is 32.1. The third kappa shape index (κ3) is 3.94. The Balaban J connectivity index is 1.69. The second kappa shape index (κ2) is 7.45. The first-order valence-electron chi connectivity index (χ1n) is 8.05. The van der Waals surface area contributed by atoms with E-state index in [0.717, 1.165) is 10.3 Å². The first-order chi connectivity index (χ1) is 12.4. The van der Waals surface area contributed by atoms with Crippen LogP contribution >= 0.6 is 11.3 Å². The van der Waals surface area contributed by atoms with Gasteiger partial charge in [0.1, 0.15) is 0 Å². The van der Waals surface area contributed by atoms with Crippen molar-refractivity contribution in [1.82, 2.24) is 5.43 Å². The highest BCUT2D eigenvalue weighted by molar-refractivity contribution is 7.20. The van der Waals surface area contributed by atoms with E-state index in [2.05, 4.69) is 24.4 Å². The molecule has 3 aromatic rings. The lowest BCUT2D eigenvalue weighted by atomic mass is 10.0. The molecule has 0 saturated carbocycles. The van der Waals surface area contributed by atoms with E-state index >= 15 is 0 Å². The van der Waals surface area contributed by atoms with E-state index in [-0.39, 0.29) is 11.6 Å². The SMILES string of the molecule is CC(C)c1ccc(/C=N/NC(=O)c2cc3cc([N+](=O)[O-])ccc3s2)cc1. The fourth-order valence-electron chi connectivity index (χ4n) is 2.44. The van der Waals surface area contributed by atoms with Crippen LogP contribution < -0.4 is 5.43 Å². The lowest BCUT2D eigenvalue weighted by Gasteiger charge is -2.04. The number of hydrogen-bond acceptors (Lipinski definition) is 5. The summed E-state index contributed by atoms with van der Waals surface area (Å²) in [5.41, 5.74) is 4.63. The van der Waals surface area contributed by atoms with Crippen molar-refractivity contribution in [3.05, 3.63) is 74.6 Å². The fraction of sp³-hybridized carbons (Fsp3) is 0.158. The summed E-state index contributed by atoms with van der Waals surface area (Å²) in [4.78, 5) is 23.0. The van der Waals surface area contributed by atoms with Crippen LogP contribution in [0.2, 0.25) is 0 Å². The number of nitrogens with zero attached hydrogens (tertiary/aromatic N) is 2. The molecular formula is C19H17N3O3S. The van der Waals surface area contributed by atoms with E-state index in [1.54, 1.807) is 18.3 Å². The number of hydrazone groups is 1. The Morgan fingerprint density at radius 1 is 1.19 bits per heavy atom. The van der Waals surface area contributed by atoms with Crippen LogP contribution in [0, 0.1) is 10.1 Å². The van der Waals surface area contributed by atoms with Crippen LogP contribution in [0.1, 0.15) is 40.6 Å². The summed E-state index contributed by atoms with van der Waals surface area (Å²) in [6.07, 6.45) is 1.58. The third-order valence-electron chi connectivity index (χ3n) is 3.92. The molecule has 0 fully saturated rings. The van der Waals surface area contributed by atoms with Gasteiger partial charge >= 0.3 is 0 Å². The Hall–Kier alpha value is -3.06. The van der Waals surface area contributed by atoms with Crippen LogP contribution in [-0.2, 0) is 0 Å². The molecule has 0 spiro atoms. The molecule has 1 aromatic heterocycles. The molecule has 3 rings (SSSR count). The predicted octanol–water partition coefficient (Wildman–Crippen LogP) is 4.70. The summed E-state index contributed by atoms with van der Waals surface area (Å²) < 4.78 is 0.814. The molecule has 6 nitrogen and oxygen atoms in total. The summed E-state index contributed by atoms with van der Waals surface area (Å²) in [7, 11) is 0. The molecule has 0 aliphatic carbocycles. The molecule has 0 bridgehead atoms. The number of nitrogens with one attached hydrogen (secondary N) is 1. The van der Waals surface area contributed by atoms with Gasteiger partial charge in [-0.05, 0) is 29.2 Å². The second-order valence-electron chi connectivity index (χ2n) is 6.11. The van der Waals surface area contributed by atoms with Crippen LogP contribution in [0.5, 0.6) is 0 Å². The minimum atomic E-state index is -0.453. The lowest BCUT2D eigenvalue weighted by Crippen LogP contribution is -2.16. The zero-order valence-electron chi connectivity index (χ0n) is 14.3. The second-order valence-corrected chi connectivity index (χ2v) is 7.19. The number of non-ortho nitro benzene ring substituents is 1. The smallest absolute Gasteiger partial charge is 0.266 e. The molecule has 132 valence electrons. The number of amides is 1. The maximum absolute atomic E-state index is 12.2. The first kappa shape index (κ1) is 17.8. The summed E-state index contributed by atoms with van der Waals surface area (Å²) in [5.74, 6) is 0.119. The average Bonchev–Trinajstić information content (AvgIpc) is 3.05. The minimum absolute atomic E-state index is 0.00474. The maximum Gasteiger partial charge on any atom is 0.281 e. The Morgan fingerprint density at radius 3 is 2.58 bits per heavy atom. The number of carbonyl (C=O) groups is 1. The Labute approximate surface area is 154 Å². The molecule has 26 heavy (non-hydrogen) atoms. The third-order valence-corrected chi connectivity index (χ3v) is 5.03. The van der Waals surface area contributed by atoms with E-state index in [1.807, 2.05) is 24.3 Å². The molecule has 2 aromatic carbocycles. The predicted molar refractivity (Wildman–Crippen MR) is 104 cm³/mol. The highest BCUT2D eigenvalue weighted by Gasteiger charge is 2.12. The van der Waals surface area contributed by atoms with E-state index in [1.165, 1.54) is 29.0 Å². The molecular weight excluding hydrogens is 350 g/mol. The van der Waals surface area contributed by atoms with Crippen molar-refractivity contribution < 1.29 is 9.72 Å². The van der Waals surface area contributed by atoms with Crippen molar-refractivity contribution in [2.45, 2.75) is 19.8 Å². The molecule has 0 aliphatic heterocycles. The first-order valence-corrected chi connectivity index (χ1v) is 8.87. The Bertz CT molecular complexity index is 991. The normalized spacial score (nSPS) is 11.3. The van der Waals surface area contributed by atoms with E-state index in [0.29, 0.717) is 16.2 Å². The molecule has 1 N–H and O–H groups in total. The average molecular weight is 367 g/mol. The lowest BCUT2D eigenvalue weighted by molar-refractivity contribution is -0.384. The number of rotatable bonds is 5. The van der Waals surface area contributed by atoms with Gasteiger partial charge in [-0.15, -0.1) is 11.3 Å². The van der Waals surface area contributed by atoms with Crippen molar-refractivity contribution in [1.29, 1.82) is 0 Å². The molecule has 0 unspecified atom stereocenters. The molecule has 7 heteroatoms. The molecule has 0 radical (unpaired) electrons. The monoisotopic (exact) mass is 367 g/mol. The minimum Gasteiger partial charge on any atom is -0.266 e. The highest BCUT2D eigenvalue weighted by Crippen LogP contribution is 2.28. The maximum atomic E-state index is 12.2. The van der Waals surface area contributed by atoms with Crippen LogP contribution in [0.3, 0.4) is 0 Å². The summed E-state index contributed by atoms with van der Waals surface area (Å²) in [5, 5.41) is 15.5. The van der Waals surface area contributed by atoms with Gasteiger partial charge in [-0.1, -0.05) is 38.1 Å². The zero-order chi connectivity index (χ0) is 18.7. The van der Waals surface area contributed by atoms with Gasteiger partial charge in [0.15, 0.2) is 0 Å². The quantitative estimate of drug-likeness (QED) is 0.403. The van der Waals surface area contributed by atoms with Crippen molar-refractivity contribution in [2.24, 2.45) is 5.10 Å². The van der Waals surface area contributed by atoms with Gasteiger partial charge in [-0.3, -0.25) is 14.9 Å². The largest absolute Gasteiger partial charge is 0.281 e. The summed E-state index contributed by atoms with van der Waals surface area (Å²) in [6.45, 7) is 4.26. The van der Waals surface area contributed by atoms with E-state index in [9.17, 15) is 14.9 Å². The van der Waals surface area contributed by atoms with Crippen molar-refractivity contribution in [3.63, 3.8) is 0 Å². The number of nitro benzene ring substituents is 1. The number of benzene rings is 2. The molecule has 1 heterocycles. The van der Waals surface area contributed by atoms with Gasteiger partial charge in [-0.25, -0.2) is 5.43 Å². The van der Waals surface area contributed by atoms with Crippen LogP contribution in [0.25, 0.3) is 10.1 Å². The van der Waals surface area contributed by atoms with Crippen molar-refractivity contribution in [2.75, 3.05) is 0 Å². The van der Waals surface area contributed by atoms with Gasteiger partial charge in [-0.2, -0.15) is 5.10 Å². The van der Waals surface area contributed by atoms with Crippen LogP contribution in [0.4, 0.5) is 5.69 Å². The molecule has 1 amide bonds. The molecule has 0 atom stereocenters. The van der Waals surface area contributed by atoms with Crippen molar-refractivity contribution >= 4 is 39.2 Å². The Morgan fingerprint density at radius 2 is 1.92 bits per heavy atom. The molecule has 0 saturated heterocycles. The number of nitro groups is 1. The Kier molecular flexibility index (Phi) is 5.09. The number of carbonyl (C=O) groups excluding carboxylic acids is 1. The molecule has 0 aliphatic rings. The van der Waals surface area contributed by atoms with Gasteiger partial charge in [0.05, 0.1) is 16.0 Å². The van der Waals surface area contributed by atoms with Gasteiger partial charge in [0.25, 0.3) is 11.6 Å². The van der Waals surface area contributed by atoms with E-state index in [4.69, 9.17) is 0 Å². The van der Waals surface area contributed by atoms with Gasteiger partial charge in [0.2, 0.25) is 0 Å². The number of thiophene rings is 1. The summed E-state index contributed by atoms with van der Waals surface area (Å²) in [6, 6.07) is 14.1. The number of hydrogen-bond donors (Lipinski definition) is 1. The van der Waals surface area contributed by atoms with Crippen LogP contribution in [0.15, 0.2) is 53.6 Å².